The van der Waals surface area contributed by atoms with Gasteiger partial charge in [-0.2, -0.15) is 0 Å². The first kappa shape index (κ1) is 16.4. The van der Waals surface area contributed by atoms with E-state index in [0.29, 0.717) is 0 Å². The van der Waals surface area contributed by atoms with E-state index in [0.717, 1.165) is 12.8 Å². The van der Waals surface area contributed by atoms with Gasteiger partial charge in [-0.15, -0.1) is 0 Å². The smallest absolute Gasteiger partial charge is 0.0361 e. The Kier molecular flexibility index (Phi) is 5.45. The number of hydrogen-bond donors (Lipinski definition) is 1. The molecule has 0 saturated heterocycles. The van der Waals surface area contributed by atoms with Crippen molar-refractivity contribution in [2.24, 2.45) is 5.73 Å². The van der Waals surface area contributed by atoms with Crippen molar-refractivity contribution in [2.45, 2.75) is 18.9 Å². The standard InChI is InChI=1S/C19H27N3/c1-21(2)18-9-5-15(6-10-18)13-17(20)14-16-7-11-19(12-8-16)22(3)4/h5-12,17H,13-14,20H2,1-4H3. The van der Waals surface area contributed by atoms with Crippen LogP contribution in [-0.2, 0) is 12.8 Å². The molecule has 0 unspecified atom stereocenters. The van der Waals surface area contributed by atoms with Gasteiger partial charge in [-0.05, 0) is 48.2 Å². The van der Waals surface area contributed by atoms with Gasteiger partial charge in [0.05, 0.1) is 0 Å². The SMILES string of the molecule is CN(C)c1ccc(CC(N)Cc2ccc(N(C)C)cc2)cc1. The van der Waals surface area contributed by atoms with Crippen LogP contribution in [-0.4, -0.2) is 34.2 Å². The number of hydrogen-bond acceptors (Lipinski definition) is 3. The fraction of sp³-hybridized carbons (Fsp3) is 0.368. The van der Waals surface area contributed by atoms with Crippen molar-refractivity contribution < 1.29 is 0 Å². The Labute approximate surface area is 134 Å². The van der Waals surface area contributed by atoms with E-state index in [-0.39, 0.29) is 6.04 Å². The maximum absolute atomic E-state index is 6.31. The third-order valence-electron chi connectivity index (χ3n) is 3.90. The lowest BCUT2D eigenvalue weighted by molar-refractivity contribution is 0.665. The highest BCUT2D eigenvalue weighted by atomic mass is 15.1. The van der Waals surface area contributed by atoms with E-state index in [1.54, 1.807) is 0 Å². The average molecular weight is 297 g/mol. The van der Waals surface area contributed by atoms with Crippen LogP contribution in [0.5, 0.6) is 0 Å². The molecule has 2 rings (SSSR count). The highest BCUT2D eigenvalue weighted by Gasteiger charge is 2.06. The highest BCUT2D eigenvalue weighted by Crippen LogP contribution is 2.16. The minimum atomic E-state index is 0.149. The number of nitrogens with two attached hydrogens (primary N) is 1. The molecule has 2 aromatic carbocycles. The van der Waals surface area contributed by atoms with Gasteiger partial charge < -0.3 is 15.5 Å². The van der Waals surface area contributed by atoms with Gasteiger partial charge in [-0.3, -0.25) is 0 Å². The predicted octanol–water partition coefficient (Wildman–Crippen LogP) is 2.93. The van der Waals surface area contributed by atoms with E-state index < -0.39 is 0 Å². The van der Waals surface area contributed by atoms with E-state index in [4.69, 9.17) is 5.73 Å². The monoisotopic (exact) mass is 297 g/mol. The van der Waals surface area contributed by atoms with Crippen molar-refractivity contribution >= 4 is 11.4 Å². The zero-order valence-corrected chi connectivity index (χ0v) is 14.1. The van der Waals surface area contributed by atoms with Crippen LogP contribution in [0.1, 0.15) is 11.1 Å². The van der Waals surface area contributed by atoms with Crippen LogP contribution in [0.15, 0.2) is 48.5 Å². The van der Waals surface area contributed by atoms with Crippen molar-refractivity contribution in [3.63, 3.8) is 0 Å². The highest BCUT2D eigenvalue weighted by molar-refractivity contribution is 5.47. The molecule has 0 fully saturated rings. The zero-order valence-electron chi connectivity index (χ0n) is 14.1. The van der Waals surface area contributed by atoms with Crippen LogP contribution in [0.3, 0.4) is 0 Å². The summed E-state index contributed by atoms with van der Waals surface area (Å²) in [6, 6.07) is 17.4. The van der Waals surface area contributed by atoms with Crippen molar-refractivity contribution in [2.75, 3.05) is 38.0 Å². The third kappa shape index (κ3) is 4.50. The minimum Gasteiger partial charge on any atom is -0.378 e. The minimum absolute atomic E-state index is 0.149. The molecule has 2 N–H and O–H groups in total. The molecule has 118 valence electrons. The average Bonchev–Trinajstić information content (AvgIpc) is 2.48. The van der Waals surface area contributed by atoms with Crippen molar-refractivity contribution in [1.29, 1.82) is 0 Å². The van der Waals surface area contributed by atoms with E-state index in [9.17, 15) is 0 Å². The van der Waals surface area contributed by atoms with Crippen molar-refractivity contribution in [3.05, 3.63) is 59.7 Å². The summed E-state index contributed by atoms with van der Waals surface area (Å²) in [6.07, 6.45) is 1.81. The summed E-state index contributed by atoms with van der Waals surface area (Å²) in [6.45, 7) is 0. The molecule has 0 radical (unpaired) electrons. The Morgan fingerprint density at radius 3 is 1.27 bits per heavy atom. The molecule has 0 amide bonds. The number of benzene rings is 2. The number of rotatable bonds is 6. The van der Waals surface area contributed by atoms with E-state index in [1.807, 2.05) is 0 Å². The summed E-state index contributed by atoms with van der Waals surface area (Å²) in [4.78, 5) is 4.21. The van der Waals surface area contributed by atoms with Crippen molar-refractivity contribution in [3.8, 4) is 0 Å². The summed E-state index contributed by atoms with van der Waals surface area (Å²) in [5.41, 5.74) is 11.3. The second kappa shape index (κ2) is 7.32. The first-order chi connectivity index (χ1) is 10.5. The van der Waals surface area contributed by atoms with Crippen LogP contribution in [0.25, 0.3) is 0 Å². The van der Waals surface area contributed by atoms with Gasteiger partial charge in [-0.25, -0.2) is 0 Å². The quantitative estimate of drug-likeness (QED) is 0.890. The Morgan fingerprint density at radius 2 is 1.00 bits per heavy atom. The van der Waals surface area contributed by atoms with Gasteiger partial charge in [0.2, 0.25) is 0 Å². The summed E-state index contributed by atoms with van der Waals surface area (Å²) >= 11 is 0. The van der Waals surface area contributed by atoms with Gasteiger partial charge in [-0.1, -0.05) is 24.3 Å². The summed E-state index contributed by atoms with van der Waals surface area (Å²) in [7, 11) is 8.21. The van der Waals surface area contributed by atoms with Crippen LogP contribution in [0, 0.1) is 0 Å². The molecule has 0 aliphatic rings. The summed E-state index contributed by atoms with van der Waals surface area (Å²) < 4.78 is 0. The van der Waals surface area contributed by atoms with Gasteiger partial charge in [0.15, 0.2) is 0 Å². The lowest BCUT2D eigenvalue weighted by Crippen LogP contribution is -2.25. The van der Waals surface area contributed by atoms with Gasteiger partial charge >= 0.3 is 0 Å². The molecule has 0 spiro atoms. The molecule has 0 saturated carbocycles. The molecule has 0 heterocycles. The lowest BCUT2D eigenvalue weighted by Gasteiger charge is -2.16. The molecule has 0 aliphatic heterocycles. The second-order valence-electron chi connectivity index (χ2n) is 6.29. The first-order valence-corrected chi connectivity index (χ1v) is 7.74. The van der Waals surface area contributed by atoms with Gasteiger partial charge in [0, 0.05) is 45.6 Å². The molecule has 22 heavy (non-hydrogen) atoms. The van der Waals surface area contributed by atoms with E-state index >= 15 is 0 Å². The van der Waals surface area contributed by atoms with E-state index in [1.165, 1.54) is 22.5 Å². The fourth-order valence-corrected chi connectivity index (χ4v) is 2.54. The van der Waals surface area contributed by atoms with Crippen LogP contribution in [0.4, 0.5) is 11.4 Å². The number of anilines is 2. The molecular formula is C19H27N3. The molecule has 3 nitrogen and oxygen atoms in total. The van der Waals surface area contributed by atoms with Crippen LogP contribution >= 0.6 is 0 Å². The van der Waals surface area contributed by atoms with Crippen molar-refractivity contribution in [1.82, 2.24) is 0 Å². The maximum Gasteiger partial charge on any atom is 0.0361 e. The first-order valence-electron chi connectivity index (χ1n) is 7.74. The molecule has 2 aromatic rings. The predicted molar refractivity (Wildman–Crippen MR) is 96.9 cm³/mol. The molecule has 0 bridgehead atoms. The van der Waals surface area contributed by atoms with Crippen LogP contribution < -0.4 is 15.5 Å². The molecule has 0 aromatic heterocycles. The van der Waals surface area contributed by atoms with Gasteiger partial charge in [0.25, 0.3) is 0 Å². The van der Waals surface area contributed by atoms with E-state index in [2.05, 4.69) is 86.5 Å². The van der Waals surface area contributed by atoms with Gasteiger partial charge in [0.1, 0.15) is 0 Å². The normalized spacial score (nSPS) is 10.8. The zero-order chi connectivity index (χ0) is 16.1. The molecule has 3 heteroatoms. The topological polar surface area (TPSA) is 32.5 Å². The Bertz CT molecular complexity index is 517. The Hall–Kier alpha value is -2.00. The molecule has 0 atom stereocenters. The summed E-state index contributed by atoms with van der Waals surface area (Å²) in [5.74, 6) is 0. The number of nitrogens with zero attached hydrogens (tertiary/aromatic N) is 2. The Morgan fingerprint density at radius 1 is 0.682 bits per heavy atom. The molecular weight excluding hydrogens is 270 g/mol. The fourth-order valence-electron chi connectivity index (χ4n) is 2.54. The lowest BCUT2D eigenvalue weighted by atomic mass is 9.99. The largest absolute Gasteiger partial charge is 0.378 e. The third-order valence-corrected chi connectivity index (χ3v) is 3.90. The summed E-state index contributed by atoms with van der Waals surface area (Å²) in [5, 5.41) is 0. The Balaban J connectivity index is 1.93. The van der Waals surface area contributed by atoms with Crippen LogP contribution in [0.2, 0.25) is 0 Å². The molecule has 0 aliphatic carbocycles. The second-order valence-corrected chi connectivity index (χ2v) is 6.29. The maximum atomic E-state index is 6.31.